The average molecular weight is 369 g/mol. The molecule has 0 bridgehead atoms. The van der Waals surface area contributed by atoms with Crippen LogP contribution in [-0.2, 0) is 11.8 Å². The van der Waals surface area contributed by atoms with Crippen LogP contribution in [0.4, 0.5) is 4.79 Å². The number of hydrogen-bond acceptors (Lipinski definition) is 4. The van der Waals surface area contributed by atoms with Crippen LogP contribution in [0, 0.1) is 0 Å². The second kappa shape index (κ2) is 8.29. The molecule has 1 aliphatic carbocycles. The Morgan fingerprint density at radius 1 is 1.15 bits per heavy atom. The highest BCUT2D eigenvalue weighted by Crippen LogP contribution is 2.49. The maximum atomic E-state index is 12.5. The van der Waals surface area contributed by atoms with Crippen LogP contribution in [0.1, 0.15) is 24.0 Å². The molecule has 6 nitrogen and oxygen atoms in total. The Labute approximate surface area is 160 Å². The summed E-state index contributed by atoms with van der Waals surface area (Å²) in [6.07, 6.45) is 6.48. The van der Waals surface area contributed by atoms with Crippen molar-refractivity contribution in [1.29, 1.82) is 0 Å². The van der Waals surface area contributed by atoms with Crippen molar-refractivity contribution in [2.24, 2.45) is 0 Å². The van der Waals surface area contributed by atoms with Crippen molar-refractivity contribution in [1.82, 2.24) is 15.2 Å². The van der Waals surface area contributed by atoms with E-state index in [2.05, 4.69) is 16.4 Å². The summed E-state index contributed by atoms with van der Waals surface area (Å²) in [7, 11) is 5.10. The Hall–Kier alpha value is -2.76. The quantitative estimate of drug-likeness (QED) is 0.777. The number of urea groups is 1. The molecule has 1 saturated carbocycles. The van der Waals surface area contributed by atoms with Gasteiger partial charge in [-0.2, -0.15) is 0 Å². The highest BCUT2D eigenvalue weighted by molar-refractivity contribution is 5.74. The number of pyridine rings is 1. The van der Waals surface area contributed by atoms with Crippen molar-refractivity contribution in [3.8, 4) is 11.5 Å². The molecule has 2 amide bonds. The fourth-order valence-electron chi connectivity index (χ4n) is 3.21. The lowest BCUT2D eigenvalue weighted by molar-refractivity contribution is 0.208. The Balaban J connectivity index is 1.55. The molecule has 1 fully saturated rings. The van der Waals surface area contributed by atoms with Gasteiger partial charge in [-0.25, -0.2) is 4.79 Å². The molecule has 1 aliphatic rings. The predicted molar refractivity (Wildman–Crippen MR) is 104 cm³/mol. The van der Waals surface area contributed by atoms with Crippen LogP contribution in [0.15, 0.2) is 42.7 Å². The summed E-state index contributed by atoms with van der Waals surface area (Å²) in [5, 5.41) is 3.09. The van der Waals surface area contributed by atoms with Crippen LogP contribution in [0.3, 0.4) is 0 Å². The molecular weight excluding hydrogens is 342 g/mol. The van der Waals surface area contributed by atoms with Gasteiger partial charge in [0.1, 0.15) is 0 Å². The van der Waals surface area contributed by atoms with Gasteiger partial charge in [-0.05, 0) is 54.7 Å². The summed E-state index contributed by atoms with van der Waals surface area (Å²) in [6, 6.07) is 9.91. The summed E-state index contributed by atoms with van der Waals surface area (Å²) in [5.41, 5.74) is 2.36. The van der Waals surface area contributed by atoms with Gasteiger partial charge in [0.15, 0.2) is 11.5 Å². The third-order valence-corrected chi connectivity index (χ3v) is 5.26. The molecule has 0 saturated heterocycles. The van der Waals surface area contributed by atoms with E-state index in [1.165, 1.54) is 11.1 Å². The van der Waals surface area contributed by atoms with Gasteiger partial charge in [-0.3, -0.25) is 4.98 Å². The third-order valence-electron chi connectivity index (χ3n) is 5.26. The first-order valence-electron chi connectivity index (χ1n) is 9.18. The van der Waals surface area contributed by atoms with E-state index in [0.29, 0.717) is 13.1 Å². The van der Waals surface area contributed by atoms with E-state index < -0.39 is 0 Å². The molecule has 0 atom stereocenters. The van der Waals surface area contributed by atoms with Crippen molar-refractivity contribution in [3.05, 3.63) is 53.9 Å². The monoisotopic (exact) mass is 369 g/mol. The lowest BCUT2D eigenvalue weighted by atomic mass is 9.95. The largest absolute Gasteiger partial charge is 0.493 e. The second-order valence-corrected chi connectivity index (χ2v) is 7.04. The van der Waals surface area contributed by atoms with E-state index in [1.54, 1.807) is 31.5 Å². The molecule has 1 heterocycles. The van der Waals surface area contributed by atoms with E-state index in [4.69, 9.17) is 9.47 Å². The number of ether oxygens (including phenoxy) is 2. The fraction of sp³-hybridized carbons (Fsp3) is 0.429. The Morgan fingerprint density at radius 2 is 1.85 bits per heavy atom. The molecule has 1 N–H and O–H groups in total. The van der Waals surface area contributed by atoms with Gasteiger partial charge >= 0.3 is 6.03 Å². The van der Waals surface area contributed by atoms with E-state index in [1.807, 2.05) is 31.3 Å². The van der Waals surface area contributed by atoms with Crippen molar-refractivity contribution in [2.45, 2.75) is 24.7 Å². The topological polar surface area (TPSA) is 63.7 Å². The highest BCUT2D eigenvalue weighted by Gasteiger charge is 2.44. The summed E-state index contributed by atoms with van der Waals surface area (Å²) < 4.78 is 10.7. The highest BCUT2D eigenvalue weighted by atomic mass is 16.5. The molecule has 0 radical (unpaired) electrons. The predicted octanol–water partition coefficient (Wildman–Crippen LogP) is 3.01. The van der Waals surface area contributed by atoms with Crippen LogP contribution in [0.25, 0.3) is 0 Å². The number of carbonyl (C=O) groups excluding carboxylic acids is 1. The maximum Gasteiger partial charge on any atom is 0.317 e. The van der Waals surface area contributed by atoms with E-state index in [0.717, 1.165) is 30.8 Å². The summed E-state index contributed by atoms with van der Waals surface area (Å²) in [6.45, 7) is 1.29. The van der Waals surface area contributed by atoms with Crippen LogP contribution in [0.2, 0.25) is 0 Å². The molecule has 0 unspecified atom stereocenters. The molecule has 0 spiro atoms. The summed E-state index contributed by atoms with van der Waals surface area (Å²) in [5.74, 6) is 1.44. The van der Waals surface area contributed by atoms with Crippen molar-refractivity contribution < 1.29 is 14.3 Å². The average Bonchev–Trinajstić information content (AvgIpc) is 3.51. The molecule has 1 aromatic carbocycles. The number of methoxy groups -OCH3 is 2. The minimum absolute atomic E-state index is 0.00114. The molecule has 144 valence electrons. The van der Waals surface area contributed by atoms with Gasteiger partial charge < -0.3 is 19.7 Å². The zero-order valence-electron chi connectivity index (χ0n) is 16.2. The van der Waals surface area contributed by atoms with Gasteiger partial charge in [0, 0.05) is 37.9 Å². The second-order valence-electron chi connectivity index (χ2n) is 7.04. The lowest BCUT2D eigenvalue weighted by Crippen LogP contribution is -2.41. The van der Waals surface area contributed by atoms with Crippen LogP contribution in [0.5, 0.6) is 11.5 Å². The molecule has 27 heavy (non-hydrogen) atoms. The van der Waals surface area contributed by atoms with Crippen molar-refractivity contribution in [3.63, 3.8) is 0 Å². The van der Waals surface area contributed by atoms with Crippen LogP contribution in [-0.4, -0.2) is 50.3 Å². The van der Waals surface area contributed by atoms with Gasteiger partial charge in [-0.15, -0.1) is 0 Å². The molecule has 2 aromatic rings. The number of hydrogen-bond donors (Lipinski definition) is 1. The lowest BCUT2D eigenvalue weighted by Gasteiger charge is -2.22. The van der Waals surface area contributed by atoms with Gasteiger partial charge in [0.2, 0.25) is 0 Å². The Morgan fingerprint density at radius 3 is 2.48 bits per heavy atom. The zero-order valence-corrected chi connectivity index (χ0v) is 16.2. The number of amides is 2. The van der Waals surface area contributed by atoms with Gasteiger partial charge in [0.25, 0.3) is 0 Å². The number of nitrogens with zero attached hydrogens (tertiary/aromatic N) is 2. The maximum absolute atomic E-state index is 12.5. The minimum atomic E-state index is -0.0455. The number of likely N-dealkylation sites (N-methyl/N-ethyl adjacent to an activating group) is 1. The van der Waals surface area contributed by atoms with Crippen LogP contribution < -0.4 is 14.8 Å². The number of aromatic nitrogens is 1. The standard InChI is InChI=1S/C21H27N3O3/c1-24(13-8-16-6-11-22-12-7-16)20(25)23-15-21(9-10-21)17-4-5-18(26-2)19(14-17)27-3/h4-7,11-12,14H,8-10,13,15H2,1-3H3,(H,23,25). The van der Waals surface area contributed by atoms with Crippen molar-refractivity contribution in [2.75, 3.05) is 34.4 Å². The van der Waals surface area contributed by atoms with Gasteiger partial charge in [0.05, 0.1) is 14.2 Å². The van der Waals surface area contributed by atoms with E-state index in [-0.39, 0.29) is 11.4 Å². The van der Waals surface area contributed by atoms with E-state index >= 15 is 0 Å². The molecule has 6 heteroatoms. The Kier molecular flexibility index (Phi) is 5.84. The zero-order chi connectivity index (χ0) is 19.3. The fourth-order valence-corrected chi connectivity index (χ4v) is 3.21. The normalized spacial score (nSPS) is 14.3. The first-order chi connectivity index (χ1) is 13.1. The van der Waals surface area contributed by atoms with Crippen LogP contribution >= 0.6 is 0 Å². The molecule has 0 aliphatic heterocycles. The van der Waals surface area contributed by atoms with Crippen molar-refractivity contribution >= 4 is 6.03 Å². The minimum Gasteiger partial charge on any atom is -0.493 e. The first-order valence-corrected chi connectivity index (χ1v) is 9.18. The SMILES string of the molecule is COc1ccc(C2(CNC(=O)N(C)CCc3ccncc3)CC2)cc1OC. The van der Waals surface area contributed by atoms with Gasteiger partial charge in [-0.1, -0.05) is 6.07 Å². The first kappa shape index (κ1) is 19.0. The number of rotatable bonds is 8. The Bertz CT molecular complexity index is 775. The summed E-state index contributed by atoms with van der Waals surface area (Å²) >= 11 is 0. The molecule has 3 rings (SSSR count). The number of carbonyl (C=O) groups is 1. The smallest absolute Gasteiger partial charge is 0.317 e. The third kappa shape index (κ3) is 4.51. The number of nitrogens with one attached hydrogen (secondary N) is 1. The van der Waals surface area contributed by atoms with E-state index in [9.17, 15) is 4.79 Å². The molecular formula is C21H27N3O3. The molecule has 1 aromatic heterocycles. The number of benzene rings is 1. The summed E-state index contributed by atoms with van der Waals surface area (Å²) in [4.78, 5) is 18.2.